The van der Waals surface area contributed by atoms with Crippen LogP contribution < -0.4 is 10.1 Å². The number of alkyl halides is 3. The number of nitrogens with one attached hydrogen (secondary N) is 1. The number of halogens is 4. The van der Waals surface area contributed by atoms with Crippen LogP contribution in [-0.2, 0) is 24.1 Å². The molecule has 174 valence electrons. The van der Waals surface area contributed by atoms with Gasteiger partial charge < -0.3 is 10.1 Å². The Morgan fingerprint density at radius 1 is 1.27 bits per heavy atom. The number of aryl methyl sites for hydroxylation is 1. The molecule has 0 atom stereocenters. The summed E-state index contributed by atoms with van der Waals surface area (Å²) in [6.07, 6.45) is -2.89. The van der Waals surface area contributed by atoms with E-state index < -0.39 is 17.6 Å². The van der Waals surface area contributed by atoms with E-state index in [9.17, 15) is 18.0 Å². The van der Waals surface area contributed by atoms with Crippen LogP contribution in [-0.4, -0.2) is 26.4 Å². The Morgan fingerprint density at radius 2 is 2.06 bits per heavy atom. The van der Waals surface area contributed by atoms with Gasteiger partial charge in [0.2, 0.25) is 5.91 Å². The monoisotopic (exact) mass is 496 g/mol. The lowest BCUT2D eigenvalue weighted by Crippen LogP contribution is -2.16. The minimum Gasteiger partial charge on any atom is -0.486 e. The first-order chi connectivity index (χ1) is 15.7. The van der Waals surface area contributed by atoms with Crippen LogP contribution in [0.2, 0.25) is 5.02 Å². The number of carbonyl (C=O) groups excluding carboxylic acids is 1. The number of nitrogens with zero attached hydrogens (tertiary/aromatic N) is 3. The molecule has 6 nitrogen and oxygen atoms in total. The predicted molar refractivity (Wildman–Crippen MR) is 122 cm³/mol. The average Bonchev–Trinajstić information content (AvgIpc) is 3.13. The first-order valence-corrected chi connectivity index (χ1v) is 11.1. The number of amides is 1. The van der Waals surface area contributed by atoms with Crippen molar-refractivity contribution >= 4 is 35.0 Å². The van der Waals surface area contributed by atoms with Crippen molar-refractivity contribution in [1.82, 2.24) is 14.8 Å². The van der Waals surface area contributed by atoms with Crippen LogP contribution in [0.5, 0.6) is 5.75 Å². The van der Waals surface area contributed by atoms with E-state index in [1.54, 1.807) is 10.6 Å². The summed E-state index contributed by atoms with van der Waals surface area (Å²) in [5, 5.41) is 11.1. The highest BCUT2D eigenvalue weighted by Crippen LogP contribution is 2.34. The van der Waals surface area contributed by atoms with Crippen LogP contribution in [0.25, 0.3) is 0 Å². The van der Waals surface area contributed by atoms with Crippen molar-refractivity contribution in [2.75, 3.05) is 11.1 Å². The zero-order valence-corrected chi connectivity index (χ0v) is 19.1. The molecule has 1 heterocycles. The van der Waals surface area contributed by atoms with Gasteiger partial charge in [-0.15, -0.1) is 16.8 Å². The fourth-order valence-corrected chi connectivity index (χ4v) is 3.74. The van der Waals surface area contributed by atoms with E-state index in [0.29, 0.717) is 23.3 Å². The molecule has 2 aromatic carbocycles. The smallest absolute Gasteiger partial charge is 0.416 e. The van der Waals surface area contributed by atoms with Gasteiger partial charge in [-0.25, -0.2) is 0 Å². The molecule has 0 unspecified atom stereocenters. The van der Waals surface area contributed by atoms with E-state index in [2.05, 4.69) is 22.1 Å². The number of thioether (sulfide) groups is 1. The van der Waals surface area contributed by atoms with Gasteiger partial charge >= 0.3 is 6.18 Å². The van der Waals surface area contributed by atoms with Crippen molar-refractivity contribution in [2.45, 2.75) is 31.4 Å². The van der Waals surface area contributed by atoms with Crippen LogP contribution >= 0.6 is 23.4 Å². The highest BCUT2D eigenvalue weighted by Gasteiger charge is 2.31. The highest BCUT2D eigenvalue weighted by atomic mass is 35.5. The van der Waals surface area contributed by atoms with Gasteiger partial charge in [0.05, 0.1) is 22.0 Å². The van der Waals surface area contributed by atoms with E-state index in [1.165, 1.54) is 0 Å². The summed E-state index contributed by atoms with van der Waals surface area (Å²) in [5.41, 5.74) is 0.0407. The van der Waals surface area contributed by atoms with E-state index >= 15 is 0 Å². The van der Waals surface area contributed by atoms with Crippen LogP contribution in [0.1, 0.15) is 17.0 Å². The maximum Gasteiger partial charge on any atom is 0.416 e. The molecule has 0 spiro atoms. The first kappa shape index (κ1) is 24.7. The summed E-state index contributed by atoms with van der Waals surface area (Å²) in [4.78, 5) is 12.3. The molecular formula is C22H20ClF3N4O2S. The molecule has 0 radical (unpaired) electrons. The number of aromatic nitrogens is 3. The molecule has 0 fully saturated rings. The maximum atomic E-state index is 12.9. The highest BCUT2D eigenvalue weighted by molar-refractivity contribution is 7.99. The second kappa shape index (κ2) is 10.8. The summed E-state index contributed by atoms with van der Waals surface area (Å²) in [7, 11) is 0. The van der Waals surface area contributed by atoms with Crippen molar-refractivity contribution in [1.29, 1.82) is 0 Å². The quantitative estimate of drug-likeness (QED) is 0.301. The van der Waals surface area contributed by atoms with Crippen LogP contribution in [0.15, 0.2) is 60.3 Å². The molecule has 0 aliphatic heterocycles. The largest absolute Gasteiger partial charge is 0.486 e. The third kappa shape index (κ3) is 6.75. The van der Waals surface area contributed by atoms with Crippen molar-refractivity contribution < 1.29 is 22.7 Å². The number of anilines is 1. The van der Waals surface area contributed by atoms with E-state index in [0.717, 1.165) is 35.5 Å². The predicted octanol–water partition coefficient (Wildman–Crippen LogP) is 5.75. The number of carbonyl (C=O) groups is 1. The minimum atomic E-state index is -4.54. The van der Waals surface area contributed by atoms with Gasteiger partial charge in [-0.1, -0.05) is 41.6 Å². The van der Waals surface area contributed by atoms with E-state index in [4.69, 9.17) is 16.3 Å². The minimum absolute atomic E-state index is 0.00626. The molecule has 0 aliphatic rings. The molecule has 3 aromatic rings. The topological polar surface area (TPSA) is 69.0 Å². The molecule has 33 heavy (non-hydrogen) atoms. The molecular weight excluding hydrogens is 477 g/mol. The lowest BCUT2D eigenvalue weighted by molar-refractivity contribution is -0.137. The molecule has 11 heteroatoms. The Kier molecular flexibility index (Phi) is 8.04. The number of rotatable bonds is 9. The number of allylic oxidation sites excluding steroid dienone is 1. The van der Waals surface area contributed by atoms with Gasteiger partial charge in [0.25, 0.3) is 0 Å². The molecule has 0 bridgehead atoms. The Hall–Kier alpha value is -2.98. The molecule has 1 aromatic heterocycles. The van der Waals surface area contributed by atoms with E-state index in [-0.39, 0.29) is 23.1 Å². The zero-order chi connectivity index (χ0) is 24.0. The van der Waals surface area contributed by atoms with Gasteiger partial charge in [0, 0.05) is 6.54 Å². The molecule has 1 N–H and O–H groups in total. The molecule has 3 rings (SSSR count). The Labute approximate surface area is 197 Å². The van der Waals surface area contributed by atoms with Crippen LogP contribution in [0.4, 0.5) is 18.9 Å². The van der Waals surface area contributed by atoms with Gasteiger partial charge in [-0.3, -0.25) is 9.36 Å². The number of hydrogen-bond donors (Lipinski definition) is 1. The first-order valence-electron chi connectivity index (χ1n) is 9.69. The van der Waals surface area contributed by atoms with Crippen LogP contribution in [0, 0.1) is 6.92 Å². The number of ether oxygens (including phenoxy) is 1. The molecule has 0 saturated heterocycles. The fraction of sp³-hybridized carbons (Fsp3) is 0.227. The van der Waals surface area contributed by atoms with Gasteiger partial charge in [0.1, 0.15) is 12.4 Å². The molecule has 0 saturated carbocycles. The van der Waals surface area contributed by atoms with Gasteiger partial charge in [-0.2, -0.15) is 13.2 Å². The summed E-state index contributed by atoms with van der Waals surface area (Å²) in [6, 6.07) is 10.3. The normalized spacial score (nSPS) is 11.3. The third-order valence-electron chi connectivity index (χ3n) is 4.36. The van der Waals surface area contributed by atoms with Gasteiger partial charge in [0.15, 0.2) is 11.0 Å². The fourth-order valence-electron chi connectivity index (χ4n) is 2.81. The zero-order valence-electron chi connectivity index (χ0n) is 17.5. The van der Waals surface area contributed by atoms with Crippen molar-refractivity contribution in [3.8, 4) is 5.75 Å². The summed E-state index contributed by atoms with van der Waals surface area (Å²) in [6.45, 7) is 6.24. The average molecular weight is 497 g/mol. The number of hydrogen-bond acceptors (Lipinski definition) is 5. The van der Waals surface area contributed by atoms with Crippen molar-refractivity contribution in [2.24, 2.45) is 0 Å². The Balaban J connectivity index is 1.65. The molecule has 1 amide bonds. The van der Waals surface area contributed by atoms with Crippen LogP contribution in [0.3, 0.4) is 0 Å². The third-order valence-corrected chi connectivity index (χ3v) is 5.66. The standard InChI is InChI=1S/C22H20ClF3N4O2S/c1-3-9-30-19(12-32-16-6-4-5-14(2)10-16)28-29-21(30)33-13-20(31)27-18-11-15(22(24,25)26)7-8-17(18)23/h3-8,10-11H,1,9,12-13H2,2H3,(H,27,31). The van der Waals surface area contributed by atoms with Crippen molar-refractivity contribution in [3.05, 3.63) is 77.1 Å². The molecule has 0 aliphatic carbocycles. The van der Waals surface area contributed by atoms with Gasteiger partial charge in [-0.05, 0) is 42.8 Å². The summed E-state index contributed by atoms with van der Waals surface area (Å²) >= 11 is 7.02. The second-order valence-corrected chi connectivity index (χ2v) is 8.28. The Morgan fingerprint density at radius 3 is 2.76 bits per heavy atom. The lowest BCUT2D eigenvalue weighted by Gasteiger charge is -2.12. The van der Waals surface area contributed by atoms with Crippen molar-refractivity contribution in [3.63, 3.8) is 0 Å². The Bertz CT molecular complexity index is 1150. The van der Waals surface area contributed by atoms with E-state index in [1.807, 2.05) is 31.2 Å². The summed E-state index contributed by atoms with van der Waals surface area (Å²) < 4.78 is 46.3. The number of benzene rings is 2. The maximum absolute atomic E-state index is 12.9. The SMILES string of the molecule is C=CCn1c(COc2cccc(C)c2)nnc1SCC(=O)Nc1cc(C(F)(F)F)ccc1Cl. The second-order valence-electron chi connectivity index (χ2n) is 6.93. The lowest BCUT2D eigenvalue weighted by atomic mass is 10.2. The summed E-state index contributed by atoms with van der Waals surface area (Å²) in [5.74, 6) is 0.586.